The number of hydrogen-bond donors (Lipinski definition) is 1. The average Bonchev–Trinajstić information content (AvgIpc) is 3.26. The van der Waals surface area contributed by atoms with Crippen LogP contribution in [0.4, 0.5) is 11.4 Å². The van der Waals surface area contributed by atoms with Crippen LogP contribution in [-0.4, -0.2) is 23.0 Å². The number of anilines is 2. The number of benzene rings is 3. The molecule has 2 heterocycles. The molecule has 1 N–H and O–H groups in total. The number of imide groups is 1. The average molecular weight is 428 g/mol. The number of carbonyl (C=O) groups is 2. The maximum atomic E-state index is 13.8. The predicted octanol–water partition coefficient (Wildman–Crippen LogP) is 4.37. The number of amides is 2. The van der Waals surface area contributed by atoms with Gasteiger partial charge in [-0.15, -0.1) is 0 Å². The lowest BCUT2D eigenvalue weighted by Crippen LogP contribution is -2.38. The molecule has 3 aromatic rings. The molecule has 3 atom stereocenters. The lowest BCUT2D eigenvalue weighted by Gasteiger charge is -2.29. The Kier molecular flexibility index (Phi) is 4.75. The summed E-state index contributed by atoms with van der Waals surface area (Å²) < 4.78 is 0. The molecule has 2 saturated heterocycles. The summed E-state index contributed by atoms with van der Waals surface area (Å²) in [7, 11) is 0. The molecule has 6 nitrogen and oxygen atoms in total. The summed E-state index contributed by atoms with van der Waals surface area (Å²) >= 11 is 0. The SMILES string of the molecule is Cc1cc(C)c(N2C(=O)[C@H]3[C@H](ON(c4ccccc4)[C@@H]3c3ccc(O)cc3)C2=O)c(C)c1. The van der Waals surface area contributed by atoms with Gasteiger partial charge in [-0.2, -0.15) is 0 Å². The van der Waals surface area contributed by atoms with Gasteiger partial charge in [-0.3, -0.25) is 14.4 Å². The highest BCUT2D eigenvalue weighted by Gasteiger charge is 2.60. The van der Waals surface area contributed by atoms with Crippen molar-refractivity contribution in [2.45, 2.75) is 32.9 Å². The quantitative estimate of drug-likeness (QED) is 0.628. The third kappa shape index (κ3) is 3.07. The van der Waals surface area contributed by atoms with E-state index in [2.05, 4.69) is 0 Å². The predicted molar refractivity (Wildman–Crippen MR) is 121 cm³/mol. The summed E-state index contributed by atoms with van der Waals surface area (Å²) in [6, 6.07) is 19.6. The molecule has 3 aromatic carbocycles. The summed E-state index contributed by atoms with van der Waals surface area (Å²) in [6.45, 7) is 5.82. The second-order valence-corrected chi connectivity index (χ2v) is 8.51. The number of carbonyl (C=O) groups excluding carboxylic acids is 2. The second kappa shape index (κ2) is 7.50. The third-order valence-corrected chi connectivity index (χ3v) is 6.22. The smallest absolute Gasteiger partial charge is 0.266 e. The molecule has 162 valence electrons. The number of hydroxylamine groups is 1. The molecule has 0 radical (unpaired) electrons. The van der Waals surface area contributed by atoms with E-state index in [0.29, 0.717) is 5.69 Å². The lowest BCUT2D eigenvalue weighted by atomic mass is 9.90. The van der Waals surface area contributed by atoms with E-state index in [1.54, 1.807) is 29.3 Å². The lowest BCUT2D eigenvalue weighted by molar-refractivity contribution is -0.126. The van der Waals surface area contributed by atoms with Gasteiger partial charge in [0.25, 0.3) is 5.91 Å². The molecule has 0 saturated carbocycles. The van der Waals surface area contributed by atoms with Crippen molar-refractivity contribution in [2.24, 2.45) is 5.92 Å². The Morgan fingerprint density at radius 1 is 0.844 bits per heavy atom. The van der Waals surface area contributed by atoms with Gasteiger partial charge < -0.3 is 5.11 Å². The van der Waals surface area contributed by atoms with Crippen LogP contribution in [0.15, 0.2) is 66.7 Å². The molecule has 6 heteroatoms. The summed E-state index contributed by atoms with van der Waals surface area (Å²) in [6.07, 6.45) is -0.915. The Labute approximate surface area is 186 Å². The number of fused-ring (bicyclic) bond motifs is 1. The third-order valence-electron chi connectivity index (χ3n) is 6.22. The fourth-order valence-electron chi connectivity index (χ4n) is 4.97. The standard InChI is InChI=1S/C26H24N2O4/c1-15-13-16(2)22(17(3)14-15)27-25(30)21-23(18-9-11-20(29)12-10-18)28(32-24(21)26(27)31)19-7-5-4-6-8-19/h4-14,21,23-24,29H,1-3H3/t21-,23-,24+/m1/s1. The van der Waals surface area contributed by atoms with Gasteiger partial charge in [0.2, 0.25) is 5.91 Å². The maximum Gasteiger partial charge on any atom is 0.266 e. The van der Waals surface area contributed by atoms with E-state index in [0.717, 1.165) is 27.9 Å². The van der Waals surface area contributed by atoms with Crippen molar-refractivity contribution in [3.05, 3.63) is 89.0 Å². The van der Waals surface area contributed by atoms with Crippen LogP contribution in [0.1, 0.15) is 28.3 Å². The van der Waals surface area contributed by atoms with Gasteiger partial charge in [0.15, 0.2) is 6.10 Å². The molecular weight excluding hydrogens is 404 g/mol. The minimum atomic E-state index is -0.915. The topological polar surface area (TPSA) is 70.1 Å². The normalized spacial score (nSPS) is 22.5. The molecular formula is C26H24N2O4. The van der Waals surface area contributed by atoms with E-state index in [1.165, 1.54) is 4.90 Å². The fourth-order valence-corrected chi connectivity index (χ4v) is 4.97. The van der Waals surface area contributed by atoms with E-state index >= 15 is 0 Å². The zero-order chi connectivity index (χ0) is 22.6. The van der Waals surface area contributed by atoms with Crippen molar-refractivity contribution < 1.29 is 19.5 Å². The van der Waals surface area contributed by atoms with E-state index in [-0.39, 0.29) is 17.6 Å². The number of para-hydroxylation sites is 1. The molecule has 0 aromatic heterocycles. The molecule has 0 spiro atoms. The Hall–Kier alpha value is -3.64. The zero-order valence-electron chi connectivity index (χ0n) is 18.1. The summed E-state index contributed by atoms with van der Waals surface area (Å²) in [5.41, 5.74) is 5.03. The second-order valence-electron chi connectivity index (χ2n) is 8.51. The first-order valence-electron chi connectivity index (χ1n) is 10.6. The minimum Gasteiger partial charge on any atom is -0.508 e. The number of phenolic OH excluding ortho intramolecular Hbond substituents is 1. The molecule has 32 heavy (non-hydrogen) atoms. The zero-order valence-corrected chi connectivity index (χ0v) is 18.1. The van der Waals surface area contributed by atoms with Crippen LogP contribution in [-0.2, 0) is 14.4 Å². The Bertz CT molecular complexity index is 1180. The summed E-state index contributed by atoms with van der Waals surface area (Å²) in [5, 5.41) is 11.4. The Balaban J connectivity index is 1.61. The fraction of sp³-hybridized carbons (Fsp3) is 0.231. The first-order valence-corrected chi connectivity index (χ1v) is 10.6. The molecule has 0 unspecified atom stereocenters. The van der Waals surface area contributed by atoms with Crippen LogP contribution in [0.2, 0.25) is 0 Å². The van der Waals surface area contributed by atoms with E-state index in [9.17, 15) is 14.7 Å². The Morgan fingerprint density at radius 3 is 2.09 bits per heavy atom. The molecule has 2 fully saturated rings. The van der Waals surface area contributed by atoms with Crippen molar-refractivity contribution in [3.63, 3.8) is 0 Å². The number of aryl methyl sites for hydroxylation is 3. The molecule has 0 aliphatic carbocycles. The van der Waals surface area contributed by atoms with Crippen molar-refractivity contribution in [3.8, 4) is 5.75 Å². The Morgan fingerprint density at radius 2 is 1.47 bits per heavy atom. The van der Waals surface area contributed by atoms with Gasteiger partial charge in [-0.1, -0.05) is 48.0 Å². The van der Waals surface area contributed by atoms with Crippen molar-refractivity contribution in [2.75, 3.05) is 9.96 Å². The first-order chi connectivity index (χ1) is 15.4. The molecule has 2 amide bonds. The van der Waals surface area contributed by atoms with Crippen LogP contribution in [0.5, 0.6) is 5.75 Å². The number of aromatic hydroxyl groups is 1. The molecule has 2 aliphatic heterocycles. The van der Waals surface area contributed by atoms with Crippen LogP contribution in [0.3, 0.4) is 0 Å². The van der Waals surface area contributed by atoms with E-state index < -0.39 is 18.1 Å². The van der Waals surface area contributed by atoms with Gasteiger partial charge in [0.1, 0.15) is 11.7 Å². The van der Waals surface area contributed by atoms with Crippen molar-refractivity contribution in [1.82, 2.24) is 0 Å². The number of hydrogen-bond acceptors (Lipinski definition) is 5. The van der Waals surface area contributed by atoms with E-state index in [1.807, 2.05) is 63.2 Å². The largest absolute Gasteiger partial charge is 0.508 e. The van der Waals surface area contributed by atoms with Crippen LogP contribution in [0, 0.1) is 26.7 Å². The minimum absolute atomic E-state index is 0.136. The summed E-state index contributed by atoms with van der Waals surface area (Å²) in [4.78, 5) is 34.7. The van der Waals surface area contributed by atoms with Gasteiger partial charge >= 0.3 is 0 Å². The van der Waals surface area contributed by atoms with Crippen molar-refractivity contribution >= 4 is 23.2 Å². The maximum absolute atomic E-state index is 13.8. The van der Waals surface area contributed by atoms with Gasteiger partial charge in [0, 0.05) is 0 Å². The highest BCUT2D eigenvalue weighted by molar-refractivity contribution is 6.24. The highest BCUT2D eigenvalue weighted by atomic mass is 16.7. The number of phenols is 1. The van der Waals surface area contributed by atoms with Gasteiger partial charge in [-0.25, -0.2) is 9.96 Å². The van der Waals surface area contributed by atoms with Gasteiger partial charge in [0.05, 0.1) is 17.4 Å². The van der Waals surface area contributed by atoms with Gasteiger partial charge in [-0.05, 0) is 61.7 Å². The molecule has 5 rings (SSSR count). The molecule has 2 aliphatic rings. The van der Waals surface area contributed by atoms with Crippen LogP contribution in [0.25, 0.3) is 0 Å². The number of rotatable bonds is 3. The molecule has 0 bridgehead atoms. The monoisotopic (exact) mass is 428 g/mol. The van der Waals surface area contributed by atoms with Crippen molar-refractivity contribution in [1.29, 1.82) is 0 Å². The first kappa shape index (κ1) is 20.3. The highest BCUT2D eigenvalue weighted by Crippen LogP contribution is 2.48. The van der Waals surface area contributed by atoms with E-state index in [4.69, 9.17) is 4.84 Å². The number of nitrogens with zero attached hydrogens (tertiary/aromatic N) is 2. The summed E-state index contributed by atoms with van der Waals surface area (Å²) in [5.74, 6) is -1.19. The van der Waals surface area contributed by atoms with Crippen LogP contribution < -0.4 is 9.96 Å². The van der Waals surface area contributed by atoms with Crippen LogP contribution >= 0.6 is 0 Å².